The lowest BCUT2D eigenvalue weighted by molar-refractivity contribution is -0.160. The van der Waals surface area contributed by atoms with Gasteiger partial charge in [-0.2, -0.15) is 0 Å². The van der Waals surface area contributed by atoms with E-state index >= 15 is 0 Å². The van der Waals surface area contributed by atoms with Gasteiger partial charge in [-0.1, -0.05) is 13.3 Å². The predicted octanol–water partition coefficient (Wildman–Crippen LogP) is -0.127. The summed E-state index contributed by atoms with van der Waals surface area (Å²) in [4.78, 5) is 34.4. The lowest BCUT2D eigenvalue weighted by Crippen LogP contribution is -2.48. The minimum atomic E-state index is -0.917. The third-order valence-electron chi connectivity index (χ3n) is 2.53. The Morgan fingerprint density at radius 1 is 1.44 bits per heavy atom. The summed E-state index contributed by atoms with van der Waals surface area (Å²) in [6.45, 7) is 1.80. The Bertz CT molecular complexity index is 286. The summed E-state index contributed by atoms with van der Waals surface area (Å²) in [6.07, 6.45) is 0.582. The van der Waals surface area contributed by atoms with E-state index in [1.165, 1.54) is 0 Å². The first-order chi connectivity index (χ1) is 7.54. The molecular weight excluding hydrogens is 214 g/mol. The minimum Gasteiger partial charge on any atom is -0.481 e. The zero-order valence-electron chi connectivity index (χ0n) is 9.14. The van der Waals surface area contributed by atoms with Gasteiger partial charge in [-0.25, -0.2) is 0 Å². The Morgan fingerprint density at radius 3 is 2.44 bits per heavy atom. The second-order valence-electron chi connectivity index (χ2n) is 3.76. The molecule has 0 aliphatic carbocycles. The van der Waals surface area contributed by atoms with Crippen molar-refractivity contribution in [1.82, 2.24) is 4.90 Å². The number of hydrogen-bond acceptors (Lipinski definition) is 4. The van der Waals surface area contributed by atoms with Crippen LogP contribution in [-0.4, -0.2) is 47.5 Å². The molecule has 1 N–H and O–H groups in total. The highest BCUT2D eigenvalue weighted by atomic mass is 16.5. The summed E-state index contributed by atoms with van der Waals surface area (Å²) in [5, 5.41) is 8.66. The molecule has 6 heteroatoms. The second kappa shape index (κ2) is 5.60. The van der Waals surface area contributed by atoms with Gasteiger partial charge in [0.2, 0.25) is 0 Å². The number of imide groups is 1. The van der Waals surface area contributed by atoms with Gasteiger partial charge in [-0.15, -0.1) is 0 Å². The first-order valence-corrected chi connectivity index (χ1v) is 5.17. The van der Waals surface area contributed by atoms with Gasteiger partial charge < -0.3 is 9.84 Å². The van der Waals surface area contributed by atoms with Crippen molar-refractivity contribution < 1.29 is 24.2 Å². The van der Waals surface area contributed by atoms with E-state index in [-0.39, 0.29) is 43.9 Å². The number of aliphatic carboxylic acids is 1. The minimum absolute atomic E-state index is 0.0333. The molecule has 0 spiro atoms. The first-order valence-electron chi connectivity index (χ1n) is 5.17. The average Bonchev–Trinajstić information content (AvgIpc) is 2.21. The molecule has 90 valence electrons. The van der Waals surface area contributed by atoms with Gasteiger partial charge in [0.05, 0.1) is 0 Å². The quantitative estimate of drug-likeness (QED) is 0.664. The van der Waals surface area contributed by atoms with E-state index in [0.717, 1.165) is 4.90 Å². The zero-order chi connectivity index (χ0) is 12.1. The highest BCUT2D eigenvalue weighted by Crippen LogP contribution is 2.13. The van der Waals surface area contributed by atoms with Crippen LogP contribution in [-0.2, 0) is 19.1 Å². The molecule has 0 radical (unpaired) electrons. The number of ether oxygens (including phenoxy) is 1. The maximum atomic E-state index is 11.4. The third-order valence-corrected chi connectivity index (χ3v) is 2.53. The molecule has 1 atom stereocenters. The van der Waals surface area contributed by atoms with E-state index in [1.807, 2.05) is 6.92 Å². The highest BCUT2D eigenvalue weighted by Gasteiger charge is 2.28. The maximum absolute atomic E-state index is 11.4. The molecule has 1 fully saturated rings. The fourth-order valence-electron chi connectivity index (χ4n) is 1.57. The van der Waals surface area contributed by atoms with Crippen LogP contribution < -0.4 is 0 Å². The van der Waals surface area contributed by atoms with Crippen LogP contribution in [0.3, 0.4) is 0 Å². The Labute approximate surface area is 93.2 Å². The highest BCUT2D eigenvalue weighted by molar-refractivity contribution is 5.98. The van der Waals surface area contributed by atoms with Crippen molar-refractivity contribution in [3.63, 3.8) is 0 Å². The maximum Gasteiger partial charge on any atom is 0.303 e. The Balaban J connectivity index is 2.58. The number of amides is 2. The van der Waals surface area contributed by atoms with E-state index in [1.54, 1.807) is 0 Å². The molecule has 1 saturated heterocycles. The fraction of sp³-hybridized carbons (Fsp3) is 0.700. The number of carboxylic acids is 1. The van der Waals surface area contributed by atoms with Crippen LogP contribution in [0, 0.1) is 5.92 Å². The van der Waals surface area contributed by atoms with Gasteiger partial charge in [-0.3, -0.25) is 19.3 Å². The molecule has 1 rings (SSSR count). The Kier molecular flexibility index (Phi) is 4.42. The SMILES string of the molecule is CCC(CC(=O)O)CN1C(=O)COCC1=O. The number of nitrogens with zero attached hydrogens (tertiary/aromatic N) is 1. The molecule has 2 amide bonds. The molecule has 0 aromatic carbocycles. The number of carbonyl (C=O) groups excluding carboxylic acids is 2. The van der Waals surface area contributed by atoms with Crippen molar-refractivity contribution in [2.45, 2.75) is 19.8 Å². The molecule has 1 aliphatic heterocycles. The third kappa shape index (κ3) is 3.30. The van der Waals surface area contributed by atoms with E-state index in [0.29, 0.717) is 6.42 Å². The van der Waals surface area contributed by atoms with Crippen LogP contribution in [0.1, 0.15) is 19.8 Å². The van der Waals surface area contributed by atoms with Crippen LogP contribution in [0.4, 0.5) is 0 Å². The van der Waals surface area contributed by atoms with Crippen LogP contribution >= 0.6 is 0 Å². The van der Waals surface area contributed by atoms with E-state index in [2.05, 4.69) is 0 Å². The van der Waals surface area contributed by atoms with Crippen LogP contribution in [0.15, 0.2) is 0 Å². The monoisotopic (exact) mass is 229 g/mol. The number of carbonyl (C=O) groups is 3. The summed E-state index contributed by atoms with van der Waals surface area (Å²) in [5.41, 5.74) is 0. The molecule has 1 unspecified atom stereocenters. The van der Waals surface area contributed by atoms with Gasteiger partial charge in [0, 0.05) is 13.0 Å². The van der Waals surface area contributed by atoms with Crippen molar-refractivity contribution in [3.05, 3.63) is 0 Å². The topological polar surface area (TPSA) is 83.9 Å². The van der Waals surface area contributed by atoms with Crippen molar-refractivity contribution >= 4 is 17.8 Å². The molecule has 16 heavy (non-hydrogen) atoms. The number of rotatable bonds is 5. The van der Waals surface area contributed by atoms with Crippen LogP contribution in [0.5, 0.6) is 0 Å². The smallest absolute Gasteiger partial charge is 0.303 e. The predicted molar refractivity (Wildman–Crippen MR) is 53.6 cm³/mol. The lowest BCUT2D eigenvalue weighted by Gasteiger charge is -2.27. The van der Waals surface area contributed by atoms with Crippen molar-refractivity contribution in [2.24, 2.45) is 5.92 Å². The zero-order valence-corrected chi connectivity index (χ0v) is 9.14. The van der Waals surface area contributed by atoms with Gasteiger partial charge in [0.15, 0.2) is 0 Å². The number of hydrogen-bond donors (Lipinski definition) is 1. The fourth-order valence-corrected chi connectivity index (χ4v) is 1.57. The molecule has 0 bridgehead atoms. The number of morpholine rings is 1. The standard InChI is InChI=1S/C10H15NO5/c1-2-7(3-10(14)15)4-11-8(12)5-16-6-9(11)13/h7H,2-6H2,1H3,(H,14,15). The normalized spacial score (nSPS) is 18.7. The van der Waals surface area contributed by atoms with Gasteiger partial charge in [-0.05, 0) is 5.92 Å². The molecule has 0 aromatic heterocycles. The molecular formula is C10H15NO5. The lowest BCUT2D eigenvalue weighted by atomic mass is 10.0. The van der Waals surface area contributed by atoms with E-state index in [9.17, 15) is 14.4 Å². The van der Waals surface area contributed by atoms with Gasteiger partial charge in [0.25, 0.3) is 11.8 Å². The van der Waals surface area contributed by atoms with Crippen LogP contribution in [0.2, 0.25) is 0 Å². The van der Waals surface area contributed by atoms with Gasteiger partial charge in [0.1, 0.15) is 13.2 Å². The van der Waals surface area contributed by atoms with E-state index in [4.69, 9.17) is 9.84 Å². The average molecular weight is 229 g/mol. The first kappa shape index (κ1) is 12.6. The second-order valence-corrected chi connectivity index (χ2v) is 3.76. The Morgan fingerprint density at radius 2 is 2.00 bits per heavy atom. The van der Waals surface area contributed by atoms with Crippen molar-refractivity contribution in [2.75, 3.05) is 19.8 Å². The molecule has 6 nitrogen and oxygen atoms in total. The van der Waals surface area contributed by atoms with Crippen molar-refractivity contribution in [3.8, 4) is 0 Å². The summed E-state index contributed by atoms with van der Waals surface area (Å²) >= 11 is 0. The summed E-state index contributed by atoms with van der Waals surface area (Å²) in [5.74, 6) is -1.89. The number of carboxylic acid groups (broad SMARTS) is 1. The van der Waals surface area contributed by atoms with Gasteiger partial charge >= 0.3 is 5.97 Å². The molecule has 0 saturated carbocycles. The van der Waals surface area contributed by atoms with E-state index < -0.39 is 5.97 Å². The summed E-state index contributed by atoms with van der Waals surface area (Å²) in [7, 11) is 0. The van der Waals surface area contributed by atoms with Crippen molar-refractivity contribution in [1.29, 1.82) is 0 Å². The molecule has 1 aliphatic rings. The Hall–Kier alpha value is -1.43. The summed E-state index contributed by atoms with van der Waals surface area (Å²) in [6, 6.07) is 0. The summed E-state index contributed by atoms with van der Waals surface area (Å²) < 4.78 is 4.76. The largest absolute Gasteiger partial charge is 0.481 e. The van der Waals surface area contributed by atoms with Crippen LogP contribution in [0.25, 0.3) is 0 Å². The molecule has 0 aromatic rings. The molecule has 1 heterocycles.